The second kappa shape index (κ2) is 8.37. The minimum absolute atomic E-state index is 0.0102. The van der Waals surface area contributed by atoms with Gasteiger partial charge in [0.05, 0.1) is 0 Å². The first-order chi connectivity index (χ1) is 11.9. The van der Waals surface area contributed by atoms with Gasteiger partial charge in [-0.3, -0.25) is 9.59 Å². The van der Waals surface area contributed by atoms with Gasteiger partial charge in [0, 0.05) is 17.8 Å². The maximum Gasteiger partial charge on any atom is 0.254 e. The maximum atomic E-state index is 13.4. The molecule has 0 aliphatic heterocycles. The van der Waals surface area contributed by atoms with E-state index in [9.17, 15) is 18.4 Å². The summed E-state index contributed by atoms with van der Waals surface area (Å²) in [5, 5.41) is 2.76. The van der Waals surface area contributed by atoms with Crippen LogP contribution in [-0.4, -0.2) is 29.8 Å². The monoisotopic (exact) mass is 346 g/mol. The second-order valence-electron chi connectivity index (χ2n) is 5.72. The molecule has 2 aromatic carbocycles. The van der Waals surface area contributed by atoms with Gasteiger partial charge in [-0.1, -0.05) is 25.1 Å². The second-order valence-corrected chi connectivity index (χ2v) is 5.72. The van der Waals surface area contributed by atoms with Crippen molar-refractivity contribution in [3.63, 3.8) is 0 Å². The molecule has 0 radical (unpaired) electrons. The normalized spacial score (nSPS) is 10.4. The van der Waals surface area contributed by atoms with Crippen LogP contribution in [0.15, 0.2) is 42.5 Å². The fraction of sp³-hybridized carbons (Fsp3) is 0.263. The standard InChI is InChI=1S/C19H20F2N2O2/c1-3-10-23(19(25)14-8-9-15(20)16(21)11-14)12-18(24)22-17-7-5-4-6-13(17)2/h4-9,11H,3,10,12H2,1-2H3,(H,22,24). The molecule has 1 N–H and O–H groups in total. The molecule has 4 nitrogen and oxygen atoms in total. The Morgan fingerprint density at radius 2 is 1.80 bits per heavy atom. The van der Waals surface area contributed by atoms with E-state index in [1.807, 2.05) is 26.0 Å². The molecule has 0 aliphatic carbocycles. The molecule has 6 heteroatoms. The fourth-order valence-corrected chi connectivity index (χ4v) is 2.41. The lowest BCUT2D eigenvalue weighted by Gasteiger charge is -2.22. The molecular formula is C19H20F2N2O2. The van der Waals surface area contributed by atoms with Crippen molar-refractivity contribution in [3.05, 3.63) is 65.2 Å². The Morgan fingerprint density at radius 1 is 1.08 bits per heavy atom. The van der Waals surface area contributed by atoms with Crippen LogP contribution in [0.2, 0.25) is 0 Å². The molecule has 25 heavy (non-hydrogen) atoms. The first kappa shape index (κ1) is 18.6. The molecule has 0 saturated heterocycles. The molecule has 0 aromatic heterocycles. The molecule has 0 atom stereocenters. The topological polar surface area (TPSA) is 49.4 Å². The third-order valence-corrected chi connectivity index (χ3v) is 3.70. The molecule has 0 saturated carbocycles. The number of anilines is 1. The Kier molecular flexibility index (Phi) is 6.22. The molecule has 0 spiro atoms. The number of para-hydroxylation sites is 1. The number of nitrogens with one attached hydrogen (secondary N) is 1. The molecule has 0 bridgehead atoms. The molecule has 0 aliphatic rings. The van der Waals surface area contributed by atoms with E-state index in [2.05, 4.69) is 5.32 Å². The number of carbonyl (C=O) groups excluding carboxylic acids is 2. The molecule has 2 amide bonds. The average Bonchev–Trinajstić information content (AvgIpc) is 2.58. The van der Waals surface area contributed by atoms with Gasteiger partial charge in [-0.15, -0.1) is 0 Å². The van der Waals surface area contributed by atoms with Crippen LogP contribution >= 0.6 is 0 Å². The smallest absolute Gasteiger partial charge is 0.254 e. The SMILES string of the molecule is CCCN(CC(=O)Nc1ccccc1C)C(=O)c1ccc(F)c(F)c1. The molecule has 2 aromatic rings. The maximum absolute atomic E-state index is 13.4. The van der Waals surface area contributed by atoms with Gasteiger partial charge in [-0.05, 0) is 43.2 Å². The van der Waals surface area contributed by atoms with E-state index < -0.39 is 17.5 Å². The Morgan fingerprint density at radius 3 is 2.44 bits per heavy atom. The number of halogens is 2. The molecule has 2 rings (SSSR count). The zero-order chi connectivity index (χ0) is 18.4. The van der Waals surface area contributed by atoms with Gasteiger partial charge in [0.1, 0.15) is 6.54 Å². The van der Waals surface area contributed by atoms with Crippen molar-refractivity contribution in [2.75, 3.05) is 18.4 Å². The molecule has 0 fully saturated rings. The Labute approximate surface area is 145 Å². The third kappa shape index (κ3) is 4.86. The number of rotatable bonds is 6. The Hall–Kier alpha value is -2.76. The number of carbonyl (C=O) groups is 2. The van der Waals surface area contributed by atoms with Crippen molar-refractivity contribution in [1.82, 2.24) is 4.90 Å². The van der Waals surface area contributed by atoms with Crippen LogP contribution < -0.4 is 5.32 Å². The van der Waals surface area contributed by atoms with E-state index in [0.717, 1.165) is 17.7 Å². The summed E-state index contributed by atoms with van der Waals surface area (Å²) in [6, 6.07) is 10.3. The quantitative estimate of drug-likeness (QED) is 0.866. The van der Waals surface area contributed by atoms with Crippen LogP contribution in [0, 0.1) is 18.6 Å². The van der Waals surface area contributed by atoms with Crippen molar-refractivity contribution in [3.8, 4) is 0 Å². The van der Waals surface area contributed by atoms with Crippen LogP contribution in [0.25, 0.3) is 0 Å². The molecule has 0 heterocycles. The summed E-state index contributed by atoms with van der Waals surface area (Å²) in [7, 11) is 0. The van der Waals surface area contributed by atoms with E-state index in [4.69, 9.17) is 0 Å². The highest BCUT2D eigenvalue weighted by molar-refractivity contribution is 5.99. The summed E-state index contributed by atoms with van der Waals surface area (Å²) < 4.78 is 26.4. The largest absolute Gasteiger partial charge is 0.329 e. The van der Waals surface area contributed by atoms with Crippen molar-refractivity contribution in [2.45, 2.75) is 20.3 Å². The third-order valence-electron chi connectivity index (χ3n) is 3.70. The van der Waals surface area contributed by atoms with E-state index in [1.165, 1.54) is 11.0 Å². The van der Waals surface area contributed by atoms with Gasteiger partial charge in [0.15, 0.2) is 11.6 Å². The number of amides is 2. The zero-order valence-corrected chi connectivity index (χ0v) is 14.2. The number of hydrogen-bond donors (Lipinski definition) is 1. The molecule has 0 unspecified atom stereocenters. The van der Waals surface area contributed by atoms with E-state index >= 15 is 0 Å². The zero-order valence-electron chi connectivity index (χ0n) is 14.2. The van der Waals surface area contributed by atoms with E-state index in [0.29, 0.717) is 18.7 Å². The Bertz CT molecular complexity index is 778. The summed E-state index contributed by atoms with van der Waals surface area (Å²) in [5.74, 6) is -2.97. The minimum Gasteiger partial charge on any atom is -0.329 e. The molecular weight excluding hydrogens is 326 g/mol. The Balaban J connectivity index is 2.11. The highest BCUT2D eigenvalue weighted by Crippen LogP contribution is 2.14. The summed E-state index contributed by atoms with van der Waals surface area (Å²) in [6.45, 7) is 3.90. The predicted octanol–water partition coefficient (Wildman–Crippen LogP) is 3.76. The number of benzene rings is 2. The number of nitrogens with zero attached hydrogens (tertiary/aromatic N) is 1. The average molecular weight is 346 g/mol. The van der Waals surface area contributed by atoms with Gasteiger partial charge >= 0.3 is 0 Å². The summed E-state index contributed by atoms with van der Waals surface area (Å²) in [4.78, 5) is 26.1. The van der Waals surface area contributed by atoms with Crippen LogP contribution in [0.3, 0.4) is 0 Å². The van der Waals surface area contributed by atoms with Gasteiger partial charge in [0.25, 0.3) is 5.91 Å². The summed E-state index contributed by atoms with van der Waals surface area (Å²) in [6.07, 6.45) is 0.632. The molecule has 132 valence electrons. The summed E-state index contributed by atoms with van der Waals surface area (Å²) >= 11 is 0. The highest BCUT2D eigenvalue weighted by atomic mass is 19.2. The van der Waals surface area contributed by atoms with Gasteiger partial charge in [-0.2, -0.15) is 0 Å². The summed E-state index contributed by atoms with van der Waals surface area (Å²) in [5.41, 5.74) is 1.59. The minimum atomic E-state index is -1.09. The lowest BCUT2D eigenvalue weighted by Crippen LogP contribution is -2.38. The van der Waals surface area contributed by atoms with Crippen LogP contribution in [0.1, 0.15) is 29.3 Å². The van der Waals surface area contributed by atoms with Crippen LogP contribution in [0.4, 0.5) is 14.5 Å². The van der Waals surface area contributed by atoms with Crippen LogP contribution in [0.5, 0.6) is 0 Å². The number of hydrogen-bond acceptors (Lipinski definition) is 2. The van der Waals surface area contributed by atoms with Crippen molar-refractivity contribution >= 4 is 17.5 Å². The lowest BCUT2D eigenvalue weighted by molar-refractivity contribution is -0.116. The van der Waals surface area contributed by atoms with Crippen molar-refractivity contribution in [2.24, 2.45) is 0 Å². The first-order valence-corrected chi connectivity index (χ1v) is 8.02. The van der Waals surface area contributed by atoms with Crippen molar-refractivity contribution in [1.29, 1.82) is 0 Å². The van der Waals surface area contributed by atoms with Gasteiger partial charge < -0.3 is 10.2 Å². The van der Waals surface area contributed by atoms with E-state index in [1.54, 1.807) is 12.1 Å². The van der Waals surface area contributed by atoms with Crippen molar-refractivity contribution < 1.29 is 18.4 Å². The predicted molar refractivity (Wildman–Crippen MR) is 92.4 cm³/mol. The fourth-order valence-electron chi connectivity index (χ4n) is 2.41. The van der Waals surface area contributed by atoms with E-state index in [-0.39, 0.29) is 18.0 Å². The van der Waals surface area contributed by atoms with Gasteiger partial charge in [0.2, 0.25) is 5.91 Å². The number of aryl methyl sites for hydroxylation is 1. The van der Waals surface area contributed by atoms with Gasteiger partial charge in [-0.25, -0.2) is 8.78 Å². The highest BCUT2D eigenvalue weighted by Gasteiger charge is 2.19. The lowest BCUT2D eigenvalue weighted by atomic mass is 10.1. The van der Waals surface area contributed by atoms with Crippen LogP contribution in [-0.2, 0) is 4.79 Å². The first-order valence-electron chi connectivity index (χ1n) is 8.02.